The van der Waals surface area contributed by atoms with Gasteiger partial charge in [-0.1, -0.05) is 0 Å². The molecule has 0 bridgehead atoms. The predicted molar refractivity (Wildman–Crippen MR) is 108 cm³/mol. The van der Waals surface area contributed by atoms with Crippen LogP contribution in [0.3, 0.4) is 0 Å². The summed E-state index contributed by atoms with van der Waals surface area (Å²) in [6.45, 7) is -1.26. The number of carbonyl (C=O) groups excluding carboxylic acids is 1. The van der Waals surface area contributed by atoms with Crippen LogP contribution in [0.5, 0.6) is 0 Å². The van der Waals surface area contributed by atoms with Crippen molar-refractivity contribution in [2.45, 2.75) is 65.1 Å². The molecule has 0 saturated heterocycles. The quantitative estimate of drug-likeness (QED) is 0.117. The summed E-state index contributed by atoms with van der Waals surface area (Å²) in [6, 6.07) is -6.96. The van der Waals surface area contributed by atoms with Crippen LogP contribution in [-0.2, 0) is 16.2 Å². The molecule has 51 heavy (non-hydrogen) atoms. The molecule has 0 saturated carbocycles. The lowest BCUT2D eigenvalue weighted by Gasteiger charge is -2.43. The Kier molecular flexibility index (Phi) is 12.8. The molecule has 1 rings (SSSR count). The number of halogens is 24. The molecule has 0 aliphatic rings. The number of aromatic nitrogens is 1. The number of aliphatic hydroxyl groups is 1. The Labute approximate surface area is 263 Å². The number of amides is 1. The van der Waals surface area contributed by atoms with Crippen LogP contribution in [0, 0.1) is 0 Å². The molecule has 1 amide bonds. The fraction of sp³-hybridized carbons (Fsp3) is 0.684. The fourth-order valence-corrected chi connectivity index (χ4v) is 2.75. The zero-order chi connectivity index (χ0) is 41.7. The Morgan fingerprint density at radius 1 is 0.588 bits per heavy atom. The molecule has 7 nitrogen and oxygen atoms in total. The molecule has 0 radical (unpaired) electrons. The third-order valence-electron chi connectivity index (χ3n) is 5.59. The van der Waals surface area contributed by atoms with Crippen molar-refractivity contribution in [1.82, 2.24) is 5.32 Å². The number of nitrogens with zero attached hydrogens (tertiary/aromatic N) is 1. The summed E-state index contributed by atoms with van der Waals surface area (Å²) >= 11 is 0. The number of carbonyl (C=O) groups is 1. The summed E-state index contributed by atoms with van der Waals surface area (Å²) in [4.78, 5) is 11.6. The molecular formula is C19H10F24N2O5S. The van der Waals surface area contributed by atoms with E-state index in [9.17, 15) is 110 Å². The van der Waals surface area contributed by atoms with Crippen molar-refractivity contribution in [3.63, 3.8) is 0 Å². The van der Waals surface area contributed by atoms with E-state index in [0.29, 0.717) is 0 Å². The van der Waals surface area contributed by atoms with Crippen LogP contribution in [-0.4, -0.2) is 96.2 Å². The van der Waals surface area contributed by atoms with Gasteiger partial charge in [-0.25, -0.2) is 8.42 Å². The first kappa shape index (κ1) is 47.8. The molecular weight excluding hydrogens is 824 g/mol. The third-order valence-corrected chi connectivity index (χ3v) is 6.16. The van der Waals surface area contributed by atoms with Crippen LogP contribution in [0.4, 0.5) is 105 Å². The molecule has 0 aliphatic carbocycles. The highest BCUT2D eigenvalue weighted by Crippen LogP contribution is 2.66. The molecule has 1 heterocycles. The Morgan fingerprint density at radius 3 is 1.12 bits per heavy atom. The van der Waals surface area contributed by atoms with Gasteiger partial charge in [0.15, 0.2) is 22.5 Å². The van der Waals surface area contributed by atoms with Gasteiger partial charge in [-0.2, -0.15) is 96.6 Å². The summed E-state index contributed by atoms with van der Waals surface area (Å²) in [5.41, 5.74) is -6.47. The van der Waals surface area contributed by atoms with Crippen molar-refractivity contribution < 1.29 is 133 Å². The minimum absolute atomic E-state index is 0.0270. The van der Waals surface area contributed by atoms with Crippen LogP contribution in [0.25, 0.3) is 0 Å². The Bertz CT molecular complexity index is 1490. The number of hydrogen-bond donors (Lipinski definition) is 2. The Morgan fingerprint density at radius 2 is 0.863 bits per heavy atom. The maximum atomic E-state index is 14.2. The van der Waals surface area contributed by atoms with Crippen molar-refractivity contribution in [3.8, 4) is 0 Å². The predicted octanol–water partition coefficient (Wildman–Crippen LogP) is 5.94. The van der Waals surface area contributed by atoms with Crippen molar-refractivity contribution in [2.24, 2.45) is 0 Å². The maximum Gasteiger partial charge on any atom is 0.534 e. The SMILES string of the molecule is O=C(NCCO)c1cc[n+](C(F)(F)C(F)(F)C(F)(F)C(F)(F)C(F)(F)C(F)(F)C(F)(F)C(F)(F)C(F)(F)C(F)(F)F)cc1.O=S(=O)([O-])C(F)(F)F. The minimum Gasteiger partial charge on any atom is -0.741 e. The molecule has 1 aromatic heterocycles. The van der Waals surface area contributed by atoms with Gasteiger partial charge in [0, 0.05) is 18.7 Å². The maximum absolute atomic E-state index is 14.2. The molecule has 32 heteroatoms. The van der Waals surface area contributed by atoms with Gasteiger partial charge in [0.05, 0.1) is 12.2 Å². The minimum atomic E-state index is -9.24. The van der Waals surface area contributed by atoms with E-state index in [1.54, 1.807) is 0 Å². The van der Waals surface area contributed by atoms with E-state index in [0.717, 1.165) is 0 Å². The summed E-state index contributed by atoms with van der Waals surface area (Å²) in [5.74, 6) is -72.3. The van der Waals surface area contributed by atoms with E-state index in [4.69, 9.17) is 18.1 Å². The molecule has 0 spiro atoms. The van der Waals surface area contributed by atoms with Gasteiger partial charge in [-0.15, -0.1) is 13.3 Å². The second-order valence-corrected chi connectivity index (χ2v) is 10.4. The number of nitrogens with one attached hydrogen (secondary N) is 1. The van der Waals surface area contributed by atoms with Gasteiger partial charge in [0.25, 0.3) is 5.91 Å². The highest BCUT2D eigenvalue weighted by atomic mass is 32.2. The fourth-order valence-electron chi connectivity index (χ4n) is 2.75. The smallest absolute Gasteiger partial charge is 0.534 e. The van der Waals surface area contributed by atoms with Crippen molar-refractivity contribution in [2.75, 3.05) is 13.2 Å². The van der Waals surface area contributed by atoms with Crippen molar-refractivity contribution in [3.05, 3.63) is 30.1 Å². The lowest BCUT2D eigenvalue weighted by Crippen LogP contribution is -2.78. The standard InChI is InChI=1S/C18H9F21N2O2.CHF3O3S/c19-9(20,11(23,24)13(27,28)15(31,32)17(35,36)37)10(21,22)12(25,26)14(29,30)16(33,34)18(38,39)41-4-1-7(2-5-41)8(43)40-3-6-42;2-1(3,4)8(5,6)7/h1-2,4-5,42H,3,6H2;(H,5,6,7). The first-order valence-corrected chi connectivity index (χ1v) is 12.8. The van der Waals surface area contributed by atoms with Gasteiger partial charge in [0.1, 0.15) is 0 Å². The largest absolute Gasteiger partial charge is 0.741 e. The van der Waals surface area contributed by atoms with Crippen molar-refractivity contribution in [1.29, 1.82) is 0 Å². The van der Waals surface area contributed by atoms with E-state index in [-0.39, 0.29) is 12.1 Å². The lowest BCUT2D eigenvalue weighted by atomic mass is 9.87. The molecule has 0 unspecified atom stereocenters. The Balaban J connectivity index is 0.00000277. The van der Waals surface area contributed by atoms with E-state index in [1.807, 2.05) is 5.32 Å². The molecule has 300 valence electrons. The third kappa shape index (κ3) is 7.65. The normalized spacial score (nSPS) is 15.3. The van der Waals surface area contributed by atoms with Gasteiger partial charge >= 0.3 is 65.1 Å². The molecule has 0 aromatic carbocycles. The van der Waals surface area contributed by atoms with Gasteiger partial charge in [-0.3, -0.25) is 4.79 Å². The zero-order valence-electron chi connectivity index (χ0n) is 22.7. The highest BCUT2D eigenvalue weighted by Gasteiger charge is 2.99. The molecule has 0 fully saturated rings. The van der Waals surface area contributed by atoms with E-state index < -0.39 is 117 Å². The van der Waals surface area contributed by atoms with E-state index in [1.165, 1.54) is 0 Å². The van der Waals surface area contributed by atoms with Crippen LogP contribution in [0.1, 0.15) is 10.4 Å². The van der Waals surface area contributed by atoms with Crippen LogP contribution in [0.15, 0.2) is 24.5 Å². The average Bonchev–Trinajstić information content (AvgIpc) is 2.93. The van der Waals surface area contributed by atoms with E-state index >= 15 is 0 Å². The summed E-state index contributed by atoms with van der Waals surface area (Å²) in [5, 5.41) is 10.3. The first-order valence-electron chi connectivity index (χ1n) is 11.3. The Hall–Kier alpha value is -3.19. The molecule has 0 atom stereocenters. The number of aliphatic hydroxyl groups excluding tert-OH is 1. The van der Waals surface area contributed by atoms with Gasteiger partial charge < -0.3 is 15.0 Å². The second-order valence-electron chi connectivity index (χ2n) is 9.01. The monoisotopic (exact) mass is 834 g/mol. The van der Waals surface area contributed by atoms with Crippen molar-refractivity contribution >= 4 is 16.0 Å². The number of pyridine rings is 1. The average molecular weight is 834 g/mol. The van der Waals surface area contributed by atoms with E-state index in [2.05, 4.69) is 0 Å². The number of hydrogen-bond acceptors (Lipinski definition) is 5. The van der Waals surface area contributed by atoms with Crippen LogP contribution >= 0.6 is 0 Å². The second kappa shape index (κ2) is 13.7. The van der Waals surface area contributed by atoms with Crippen LogP contribution < -0.4 is 9.88 Å². The van der Waals surface area contributed by atoms with Gasteiger partial charge in [-0.05, 0) is 0 Å². The number of rotatable bonds is 12. The lowest BCUT2D eigenvalue weighted by molar-refractivity contribution is -0.849. The molecule has 2 N–H and O–H groups in total. The molecule has 1 aromatic rings. The first-order chi connectivity index (χ1) is 21.9. The highest BCUT2D eigenvalue weighted by molar-refractivity contribution is 7.86. The topological polar surface area (TPSA) is 110 Å². The summed E-state index contributed by atoms with van der Waals surface area (Å²) < 4.78 is 340. The number of alkyl halides is 24. The summed E-state index contributed by atoms with van der Waals surface area (Å²) in [6.07, 6.45) is -9.08. The zero-order valence-corrected chi connectivity index (χ0v) is 23.5. The summed E-state index contributed by atoms with van der Waals surface area (Å²) in [7, 11) is -6.09. The van der Waals surface area contributed by atoms with Crippen LogP contribution in [0.2, 0.25) is 0 Å². The molecule has 0 aliphatic heterocycles. The van der Waals surface area contributed by atoms with Gasteiger partial charge in [0.2, 0.25) is 0 Å².